The van der Waals surface area contributed by atoms with Gasteiger partial charge < -0.3 is 5.32 Å². The molecule has 1 saturated carbocycles. The van der Waals surface area contributed by atoms with Crippen molar-refractivity contribution in [2.45, 2.75) is 57.5 Å². The molecule has 2 nitrogen and oxygen atoms in total. The Morgan fingerprint density at radius 3 is 2.89 bits per heavy atom. The zero-order valence-corrected chi connectivity index (χ0v) is 12.7. The van der Waals surface area contributed by atoms with Crippen LogP contribution in [0.3, 0.4) is 0 Å². The van der Waals surface area contributed by atoms with Gasteiger partial charge in [0.2, 0.25) is 0 Å². The molecule has 0 radical (unpaired) electrons. The molecule has 0 atom stereocenters. The predicted molar refractivity (Wildman–Crippen MR) is 82.8 cm³/mol. The van der Waals surface area contributed by atoms with Crippen LogP contribution in [-0.4, -0.2) is 30.6 Å². The highest BCUT2D eigenvalue weighted by atomic mass is 32.1. The number of nitrogens with zero attached hydrogens (tertiary/aromatic N) is 1. The van der Waals surface area contributed by atoms with Crippen LogP contribution >= 0.6 is 11.3 Å². The van der Waals surface area contributed by atoms with Gasteiger partial charge in [-0.05, 0) is 36.3 Å². The van der Waals surface area contributed by atoms with Gasteiger partial charge in [0, 0.05) is 37.1 Å². The lowest BCUT2D eigenvalue weighted by Gasteiger charge is -2.27. The molecule has 0 saturated heterocycles. The smallest absolute Gasteiger partial charge is 0.0245 e. The molecule has 1 aliphatic carbocycles. The molecule has 2 heterocycles. The lowest BCUT2D eigenvalue weighted by Crippen LogP contribution is -2.38. The molecule has 0 bridgehead atoms. The molecule has 0 spiro atoms. The molecular weight excluding hydrogens is 252 g/mol. The van der Waals surface area contributed by atoms with Crippen molar-refractivity contribution in [1.82, 2.24) is 10.2 Å². The van der Waals surface area contributed by atoms with Crippen LogP contribution in [0.1, 0.15) is 49.0 Å². The van der Waals surface area contributed by atoms with Crippen LogP contribution in [0.25, 0.3) is 0 Å². The van der Waals surface area contributed by atoms with Gasteiger partial charge in [-0.3, -0.25) is 4.90 Å². The minimum atomic E-state index is 0.795. The van der Waals surface area contributed by atoms with E-state index in [2.05, 4.69) is 21.7 Å². The molecule has 0 unspecified atom stereocenters. The summed E-state index contributed by atoms with van der Waals surface area (Å²) in [6.45, 7) is 4.81. The fourth-order valence-electron chi connectivity index (χ4n) is 3.41. The highest BCUT2D eigenvalue weighted by Crippen LogP contribution is 2.23. The molecule has 106 valence electrons. The van der Waals surface area contributed by atoms with E-state index in [4.69, 9.17) is 0 Å². The first-order chi connectivity index (χ1) is 9.42. The molecule has 1 N–H and O–H groups in total. The summed E-state index contributed by atoms with van der Waals surface area (Å²) in [7, 11) is 0. The monoisotopic (exact) mass is 278 g/mol. The maximum atomic E-state index is 3.79. The molecule has 1 aromatic rings. The first-order valence-corrected chi connectivity index (χ1v) is 8.81. The number of hydrogen-bond donors (Lipinski definition) is 1. The summed E-state index contributed by atoms with van der Waals surface area (Å²) < 4.78 is 0. The summed E-state index contributed by atoms with van der Waals surface area (Å²) in [6, 6.07) is 3.11. The van der Waals surface area contributed by atoms with Gasteiger partial charge in [0.15, 0.2) is 0 Å². The fourth-order valence-corrected chi connectivity index (χ4v) is 4.30. The van der Waals surface area contributed by atoms with E-state index in [0.717, 1.165) is 6.04 Å². The summed E-state index contributed by atoms with van der Waals surface area (Å²) >= 11 is 1.93. The molecular formula is C16H26N2S. The number of hydrogen-bond acceptors (Lipinski definition) is 3. The van der Waals surface area contributed by atoms with E-state index in [1.165, 1.54) is 71.1 Å². The van der Waals surface area contributed by atoms with Gasteiger partial charge in [-0.1, -0.05) is 25.7 Å². The van der Waals surface area contributed by atoms with E-state index >= 15 is 0 Å². The molecule has 0 amide bonds. The van der Waals surface area contributed by atoms with E-state index in [1.807, 2.05) is 11.3 Å². The van der Waals surface area contributed by atoms with Crippen molar-refractivity contribution in [3.05, 3.63) is 21.9 Å². The third-order valence-electron chi connectivity index (χ3n) is 4.60. The van der Waals surface area contributed by atoms with E-state index in [1.54, 1.807) is 10.4 Å². The summed E-state index contributed by atoms with van der Waals surface area (Å²) in [5, 5.41) is 6.04. The van der Waals surface area contributed by atoms with Crippen molar-refractivity contribution in [3.8, 4) is 0 Å². The number of fused-ring (bicyclic) bond motifs is 1. The molecule has 3 rings (SSSR count). The SMILES string of the molecule is c1cc2c(s1)CCN(CCNC1CCCCCC1)C2. The van der Waals surface area contributed by atoms with Crippen LogP contribution in [0, 0.1) is 0 Å². The Hall–Kier alpha value is -0.380. The van der Waals surface area contributed by atoms with Crippen molar-refractivity contribution >= 4 is 11.3 Å². The van der Waals surface area contributed by atoms with Gasteiger partial charge in [0.25, 0.3) is 0 Å². The van der Waals surface area contributed by atoms with Gasteiger partial charge in [-0.2, -0.15) is 0 Å². The first kappa shape index (κ1) is 13.6. The molecule has 0 aromatic carbocycles. The van der Waals surface area contributed by atoms with Gasteiger partial charge in [-0.15, -0.1) is 11.3 Å². The number of rotatable bonds is 4. The average molecular weight is 278 g/mol. The molecule has 3 heteroatoms. The van der Waals surface area contributed by atoms with Gasteiger partial charge in [0.1, 0.15) is 0 Å². The lowest BCUT2D eigenvalue weighted by atomic mass is 10.1. The Morgan fingerprint density at radius 2 is 2.05 bits per heavy atom. The first-order valence-electron chi connectivity index (χ1n) is 7.93. The highest BCUT2D eigenvalue weighted by Gasteiger charge is 2.17. The second kappa shape index (κ2) is 6.87. The Labute approximate surface area is 121 Å². The fraction of sp³-hybridized carbons (Fsp3) is 0.750. The standard InChI is InChI=1S/C16H26N2S/c1-2-4-6-15(5-3-1)17-9-11-18-10-7-16-14(13-18)8-12-19-16/h8,12,15,17H,1-7,9-11,13H2. The lowest BCUT2D eigenvalue weighted by molar-refractivity contribution is 0.250. The summed E-state index contributed by atoms with van der Waals surface area (Å²) in [5.41, 5.74) is 1.57. The van der Waals surface area contributed by atoms with E-state index in [0.29, 0.717) is 0 Å². The molecule has 19 heavy (non-hydrogen) atoms. The van der Waals surface area contributed by atoms with Gasteiger partial charge in [-0.25, -0.2) is 0 Å². The predicted octanol–water partition coefficient (Wildman–Crippen LogP) is 3.42. The zero-order chi connectivity index (χ0) is 12.9. The van der Waals surface area contributed by atoms with Crippen molar-refractivity contribution < 1.29 is 0 Å². The number of nitrogens with one attached hydrogen (secondary N) is 1. The minimum Gasteiger partial charge on any atom is -0.313 e. The third-order valence-corrected chi connectivity index (χ3v) is 5.63. The maximum absolute atomic E-state index is 3.79. The summed E-state index contributed by atoms with van der Waals surface area (Å²) in [5.74, 6) is 0. The Balaban J connectivity index is 1.38. The summed E-state index contributed by atoms with van der Waals surface area (Å²) in [4.78, 5) is 4.23. The van der Waals surface area contributed by atoms with Crippen LogP contribution in [0.15, 0.2) is 11.4 Å². The molecule has 1 aromatic heterocycles. The van der Waals surface area contributed by atoms with Crippen molar-refractivity contribution in [2.75, 3.05) is 19.6 Å². The molecule has 1 aliphatic heterocycles. The molecule has 2 aliphatic rings. The van der Waals surface area contributed by atoms with Crippen LogP contribution in [0.4, 0.5) is 0 Å². The van der Waals surface area contributed by atoms with Crippen LogP contribution in [-0.2, 0) is 13.0 Å². The van der Waals surface area contributed by atoms with Crippen molar-refractivity contribution in [3.63, 3.8) is 0 Å². The Kier molecular flexibility index (Phi) is 4.91. The van der Waals surface area contributed by atoms with E-state index < -0.39 is 0 Å². The minimum absolute atomic E-state index is 0.795. The second-order valence-electron chi connectivity index (χ2n) is 6.04. The number of thiophene rings is 1. The third kappa shape index (κ3) is 3.80. The quantitative estimate of drug-likeness (QED) is 0.849. The molecule has 1 fully saturated rings. The second-order valence-corrected chi connectivity index (χ2v) is 7.04. The van der Waals surface area contributed by atoms with Crippen LogP contribution in [0.2, 0.25) is 0 Å². The van der Waals surface area contributed by atoms with Gasteiger partial charge in [0.05, 0.1) is 0 Å². The topological polar surface area (TPSA) is 15.3 Å². The Morgan fingerprint density at radius 1 is 1.21 bits per heavy atom. The van der Waals surface area contributed by atoms with Crippen LogP contribution < -0.4 is 5.32 Å². The zero-order valence-electron chi connectivity index (χ0n) is 11.9. The summed E-state index contributed by atoms with van der Waals surface area (Å²) in [6.07, 6.45) is 9.82. The largest absolute Gasteiger partial charge is 0.313 e. The van der Waals surface area contributed by atoms with Crippen molar-refractivity contribution in [1.29, 1.82) is 0 Å². The van der Waals surface area contributed by atoms with E-state index in [-0.39, 0.29) is 0 Å². The van der Waals surface area contributed by atoms with Crippen LogP contribution in [0.5, 0.6) is 0 Å². The average Bonchev–Trinajstić information content (AvgIpc) is 2.74. The van der Waals surface area contributed by atoms with Crippen molar-refractivity contribution in [2.24, 2.45) is 0 Å². The normalized spacial score (nSPS) is 22.1. The Bertz CT molecular complexity index is 380. The van der Waals surface area contributed by atoms with E-state index in [9.17, 15) is 0 Å². The maximum Gasteiger partial charge on any atom is 0.0245 e. The van der Waals surface area contributed by atoms with Gasteiger partial charge >= 0.3 is 0 Å². The highest BCUT2D eigenvalue weighted by molar-refractivity contribution is 7.10.